The van der Waals surface area contributed by atoms with Crippen LogP contribution in [-0.2, 0) is 28.6 Å². The smallest absolute Gasteiger partial charge is 0.220 e. The van der Waals surface area contributed by atoms with Gasteiger partial charge in [0.05, 0.1) is 26.4 Å². The monoisotopic (exact) mass is 554 g/mol. The summed E-state index contributed by atoms with van der Waals surface area (Å²) in [6.07, 6.45) is 12.4. The van der Waals surface area contributed by atoms with Gasteiger partial charge in [-0.15, -0.1) is 0 Å². The molecule has 10 nitrogen and oxygen atoms in total. The van der Waals surface area contributed by atoms with Crippen molar-refractivity contribution in [2.24, 2.45) is 0 Å². The molecule has 0 saturated carbocycles. The summed E-state index contributed by atoms with van der Waals surface area (Å²) >= 11 is 0. The summed E-state index contributed by atoms with van der Waals surface area (Å²) < 4.78 is 16.6. The molecule has 0 unspecified atom stereocenters. The van der Waals surface area contributed by atoms with E-state index in [4.69, 9.17) is 14.2 Å². The van der Waals surface area contributed by atoms with Crippen LogP contribution in [0.25, 0.3) is 0 Å². The molecule has 0 radical (unpaired) electrons. The molecule has 10 heteroatoms. The maximum Gasteiger partial charge on any atom is 0.220 e. The summed E-state index contributed by atoms with van der Waals surface area (Å²) in [7, 11) is 0. The largest absolute Gasteiger partial charge is 0.379 e. The molecule has 0 aliphatic carbocycles. The first-order valence-corrected chi connectivity index (χ1v) is 15.0. The lowest BCUT2D eigenvalue weighted by atomic mass is 10.2. The van der Waals surface area contributed by atoms with E-state index < -0.39 is 0 Å². The molecule has 39 heavy (non-hydrogen) atoms. The van der Waals surface area contributed by atoms with Crippen molar-refractivity contribution in [2.75, 3.05) is 92.0 Å². The van der Waals surface area contributed by atoms with Gasteiger partial charge in [-0.1, -0.05) is 38.7 Å². The molecule has 0 aromatic rings. The van der Waals surface area contributed by atoms with Gasteiger partial charge in [-0.25, -0.2) is 0 Å². The Morgan fingerprint density at radius 1 is 0.692 bits per heavy atom. The molecule has 1 aliphatic rings. The van der Waals surface area contributed by atoms with Crippen LogP contribution in [0, 0.1) is 0 Å². The average molecular weight is 555 g/mol. The molecule has 226 valence electrons. The minimum absolute atomic E-state index is 0.00923. The Bertz CT molecular complexity index is 641. The highest BCUT2D eigenvalue weighted by Gasteiger charge is 2.15. The van der Waals surface area contributed by atoms with E-state index >= 15 is 0 Å². The fraction of sp³-hybridized carbons (Fsp3) is 0.828. The molecular weight excluding hydrogens is 500 g/mol. The Balaban J connectivity index is 1.82. The van der Waals surface area contributed by atoms with Gasteiger partial charge in [0, 0.05) is 78.4 Å². The quantitative estimate of drug-likeness (QED) is 0.0952. The van der Waals surface area contributed by atoms with Crippen LogP contribution in [0.4, 0.5) is 0 Å². The lowest BCUT2D eigenvalue weighted by Gasteiger charge is -2.34. The number of nitrogens with one attached hydrogen (secondary N) is 2. The Morgan fingerprint density at radius 2 is 1.26 bits per heavy atom. The van der Waals surface area contributed by atoms with E-state index in [-0.39, 0.29) is 11.8 Å². The third-order valence-corrected chi connectivity index (χ3v) is 6.52. The molecule has 1 fully saturated rings. The van der Waals surface area contributed by atoms with Crippen LogP contribution in [0.5, 0.6) is 0 Å². The molecule has 1 aliphatic heterocycles. The van der Waals surface area contributed by atoms with E-state index in [0.29, 0.717) is 65.4 Å². The topological polar surface area (TPSA) is 109 Å². The summed E-state index contributed by atoms with van der Waals surface area (Å²) in [5, 5.41) is 5.83. The second-order valence-electron chi connectivity index (χ2n) is 9.86. The van der Waals surface area contributed by atoms with Gasteiger partial charge in [0.25, 0.3) is 0 Å². The number of hydrogen-bond donors (Lipinski definition) is 2. The first kappa shape index (κ1) is 35.2. The summed E-state index contributed by atoms with van der Waals surface area (Å²) in [6, 6.07) is 0. The van der Waals surface area contributed by atoms with E-state index in [9.17, 15) is 14.4 Å². The van der Waals surface area contributed by atoms with Crippen LogP contribution in [0.2, 0.25) is 0 Å². The van der Waals surface area contributed by atoms with Crippen molar-refractivity contribution in [1.82, 2.24) is 20.4 Å². The molecule has 0 spiro atoms. The van der Waals surface area contributed by atoms with E-state index in [2.05, 4.69) is 27.4 Å². The number of ether oxygens (including phenoxy) is 3. The van der Waals surface area contributed by atoms with Crippen molar-refractivity contribution >= 4 is 18.1 Å². The molecule has 2 amide bonds. The minimum atomic E-state index is -0.0302. The van der Waals surface area contributed by atoms with Gasteiger partial charge in [0.2, 0.25) is 11.8 Å². The van der Waals surface area contributed by atoms with E-state index in [1.165, 1.54) is 31.8 Å². The van der Waals surface area contributed by atoms with Gasteiger partial charge in [-0.05, 0) is 25.3 Å². The van der Waals surface area contributed by atoms with E-state index in [1.54, 1.807) is 0 Å². The first-order valence-electron chi connectivity index (χ1n) is 15.0. The molecule has 1 heterocycles. The highest BCUT2D eigenvalue weighted by molar-refractivity contribution is 5.78. The molecule has 2 N–H and O–H groups in total. The van der Waals surface area contributed by atoms with E-state index in [1.807, 2.05) is 6.08 Å². The Hall–Kier alpha value is -1.85. The van der Waals surface area contributed by atoms with Crippen LogP contribution in [0.15, 0.2) is 12.2 Å². The third-order valence-electron chi connectivity index (χ3n) is 6.52. The zero-order valence-corrected chi connectivity index (χ0v) is 24.3. The fourth-order valence-corrected chi connectivity index (χ4v) is 4.15. The van der Waals surface area contributed by atoms with Gasteiger partial charge < -0.3 is 24.8 Å². The SMILES string of the molecule is CCCCCCCOCCOCCOCCCNC(=O)CCCC(=O)NCCN1CCN(C/C=C/C=O)CC1. The second-order valence-corrected chi connectivity index (χ2v) is 9.86. The molecule has 0 atom stereocenters. The van der Waals surface area contributed by atoms with Crippen molar-refractivity contribution in [2.45, 2.75) is 64.7 Å². The van der Waals surface area contributed by atoms with Crippen molar-refractivity contribution < 1.29 is 28.6 Å². The third kappa shape index (κ3) is 22.6. The normalized spacial score (nSPS) is 14.6. The first-order chi connectivity index (χ1) is 19.2. The lowest BCUT2D eigenvalue weighted by molar-refractivity contribution is -0.122. The van der Waals surface area contributed by atoms with Crippen molar-refractivity contribution in [3.05, 3.63) is 12.2 Å². The number of nitrogens with zero attached hydrogens (tertiary/aromatic N) is 2. The van der Waals surface area contributed by atoms with Crippen LogP contribution in [0.3, 0.4) is 0 Å². The Kier molecular flexibility index (Phi) is 23.8. The number of allylic oxidation sites excluding steroid dienone is 1. The number of carbonyl (C=O) groups is 3. The Labute approximate surface area is 236 Å². The van der Waals surface area contributed by atoms with Gasteiger partial charge in [-0.3, -0.25) is 24.2 Å². The van der Waals surface area contributed by atoms with Gasteiger partial charge in [-0.2, -0.15) is 0 Å². The number of rotatable bonds is 26. The summed E-state index contributed by atoms with van der Waals surface area (Å²) in [5.74, 6) is -0.0395. The van der Waals surface area contributed by atoms with Crippen LogP contribution < -0.4 is 10.6 Å². The molecule has 0 bridgehead atoms. The average Bonchev–Trinajstić information content (AvgIpc) is 2.94. The molecule has 1 saturated heterocycles. The predicted octanol–water partition coefficient (Wildman–Crippen LogP) is 2.17. The summed E-state index contributed by atoms with van der Waals surface area (Å²) in [5.41, 5.74) is 0. The zero-order valence-electron chi connectivity index (χ0n) is 24.3. The number of carbonyl (C=O) groups excluding carboxylic acids is 3. The zero-order chi connectivity index (χ0) is 28.2. The molecule has 0 aromatic heterocycles. The maximum atomic E-state index is 12.0. The van der Waals surface area contributed by atoms with Gasteiger partial charge in [0.15, 0.2) is 0 Å². The summed E-state index contributed by atoms with van der Waals surface area (Å²) in [4.78, 5) is 39.0. The minimum Gasteiger partial charge on any atom is -0.379 e. The lowest BCUT2D eigenvalue weighted by Crippen LogP contribution is -2.48. The van der Waals surface area contributed by atoms with Gasteiger partial charge >= 0.3 is 0 Å². The number of aldehydes is 1. The number of unbranched alkanes of at least 4 members (excludes halogenated alkanes) is 4. The highest BCUT2D eigenvalue weighted by atomic mass is 16.5. The number of amides is 2. The predicted molar refractivity (Wildman–Crippen MR) is 154 cm³/mol. The molecule has 1 rings (SSSR count). The second kappa shape index (κ2) is 26.4. The van der Waals surface area contributed by atoms with Gasteiger partial charge in [0.1, 0.15) is 6.29 Å². The van der Waals surface area contributed by atoms with Crippen LogP contribution in [0.1, 0.15) is 64.7 Å². The highest BCUT2D eigenvalue weighted by Crippen LogP contribution is 2.03. The van der Waals surface area contributed by atoms with E-state index in [0.717, 1.165) is 65.0 Å². The van der Waals surface area contributed by atoms with Crippen LogP contribution >= 0.6 is 0 Å². The fourth-order valence-electron chi connectivity index (χ4n) is 4.15. The maximum absolute atomic E-state index is 12.0. The molecular formula is C29H54N4O6. The standard InChI is InChI=1S/C29H54N4O6/c1-2-3-4-5-8-22-37-24-26-39-27-25-38-23-10-13-30-28(35)11-9-12-29(36)31-14-16-33-19-17-32(18-20-33)15-6-7-21-34/h6-7,21H,2-5,8-20,22-27H2,1H3,(H,30,35)(H,31,36)/b7-6+. The number of hydrogen-bond acceptors (Lipinski definition) is 8. The number of piperazine rings is 1. The summed E-state index contributed by atoms with van der Waals surface area (Å²) in [6.45, 7) is 12.6. The van der Waals surface area contributed by atoms with Crippen molar-refractivity contribution in [3.8, 4) is 0 Å². The Morgan fingerprint density at radius 3 is 1.90 bits per heavy atom. The molecule has 0 aromatic carbocycles. The van der Waals surface area contributed by atoms with Crippen molar-refractivity contribution in [3.63, 3.8) is 0 Å². The van der Waals surface area contributed by atoms with Crippen molar-refractivity contribution in [1.29, 1.82) is 0 Å². The van der Waals surface area contributed by atoms with Crippen LogP contribution in [-0.4, -0.2) is 120 Å².